The fourth-order valence-electron chi connectivity index (χ4n) is 1.56. The number of benzene rings is 1. The summed E-state index contributed by atoms with van der Waals surface area (Å²) in [4.78, 5) is 7.41. The molecule has 0 aromatic heterocycles. The summed E-state index contributed by atoms with van der Waals surface area (Å²) in [5.74, 6) is 0. The molecule has 1 aromatic rings. The van der Waals surface area contributed by atoms with Crippen LogP contribution in [0.5, 0.6) is 0 Å². The minimum atomic E-state index is -1.82. The average Bonchev–Trinajstić information content (AvgIpc) is 1.92. The molecule has 1 aromatic carbocycles. The Hall–Kier alpha value is 0.0187. The summed E-state index contributed by atoms with van der Waals surface area (Å²) in [6, 6.07) is 6.72. The zero-order valence-electron chi connectivity index (χ0n) is 8.73. The minimum absolute atomic E-state index is 1.44. The van der Waals surface area contributed by atoms with Crippen molar-refractivity contribution in [3.8, 4) is 0 Å². The summed E-state index contributed by atoms with van der Waals surface area (Å²) in [7, 11) is 0. The molecule has 0 radical (unpaired) electrons. The molecule has 0 spiro atoms. The van der Waals surface area contributed by atoms with Gasteiger partial charge in [0, 0.05) is 0 Å². The molecule has 0 heterocycles. The Labute approximate surface area is 79.9 Å². The molecule has 0 aliphatic rings. The van der Waals surface area contributed by atoms with Crippen LogP contribution < -0.4 is 3.58 Å². The van der Waals surface area contributed by atoms with Crippen molar-refractivity contribution in [2.24, 2.45) is 0 Å². The average molecular weight is 269 g/mol. The van der Waals surface area contributed by atoms with E-state index < -0.39 is 18.4 Å². The standard InChI is InChI=1S/C8H9.3CH3.Sn/c1-7-5-3-4-6-8(7)2;;;;/h3-5H,1-2H3;3*1H3;. The van der Waals surface area contributed by atoms with Crippen LogP contribution in [0.3, 0.4) is 0 Å². The molecule has 0 nitrogen and oxygen atoms in total. The Balaban J connectivity index is 3.26. The van der Waals surface area contributed by atoms with E-state index in [4.69, 9.17) is 0 Å². The van der Waals surface area contributed by atoms with E-state index in [1.807, 2.05) is 0 Å². The van der Waals surface area contributed by atoms with Crippen LogP contribution in [0.15, 0.2) is 18.2 Å². The molecule has 12 heavy (non-hydrogen) atoms. The van der Waals surface area contributed by atoms with E-state index in [2.05, 4.69) is 46.9 Å². The predicted octanol–water partition coefficient (Wildman–Crippen LogP) is 2.85. The molecule has 0 saturated heterocycles. The van der Waals surface area contributed by atoms with Gasteiger partial charge in [-0.2, -0.15) is 0 Å². The molecule has 1 heteroatoms. The molecular formula is C11H18Sn. The Morgan fingerprint density at radius 2 is 1.58 bits per heavy atom. The van der Waals surface area contributed by atoms with E-state index in [1.54, 1.807) is 3.58 Å². The van der Waals surface area contributed by atoms with E-state index >= 15 is 0 Å². The second-order valence-electron chi connectivity index (χ2n) is 4.50. The van der Waals surface area contributed by atoms with Crippen molar-refractivity contribution in [3.05, 3.63) is 29.3 Å². The molecule has 0 atom stereocenters. The summed E-state index contributed by atoms with van der Waals surface area (Å²) in [6.07, 6.45) is 0. The Morgan fingerprint density at radius 1 is 1.00 bits per heavy atom. The zero-order valence-corrected chi connectivity index (χ0v) is 11.6. The quantitative estimate of drug-likeness (QED) is 0.688. The van der Waals surface area contributed by atoms with Crippen molar-refractivity contribution in [2.75, 3.05) is 0 Å². The van der Waals surface area contributed by atoms with Gasteiger partial charge in [-0.1, -0.05) is 0 Å². The summed E-state index contributed by atoms with van der Waals surface area (Å²) in [5, 5.41) is 0. The fraction of sp³-hybridized carbons (Fsp3) is 0.455. The molecule has 0 amide bonds. The van der Waals surface area contributed by atoms with Crippen LogP contribution >= 0.6 is 0 Å². The van der Waals surface area contributed by atoms with E-state index in [-0.39, 0.29) is 0 Å². The molecule has 0 aliphatic carbocycles. The van der Waals surface area contributed by atoms with Crippen LogP contribution in [0.25, 0.3) is 0 Å². The number of aryl methyl sites for hydroxylation is 1. The Morgan fingerprint density at radius 3 is 2.00 bits per heavy atom. The molecule has 0 N–H and O–H groups in total. The van der Waals surface area contributed by atoms with Crippen LogP contribution in [0, 0.1) is 13.8 Å². The van der Waals surface area contributed by atoms with Gasteiger partial charge in [-0.25, -0.2) is 0 Å². The monoisotopic (exact) mass is 270 g/mol. The molecule has 66 valence electrons. The van der Waals surface area contributed by atoms with Crippen LogP contribution in [0.4, 0.5) is 0 Å². The maximum atomic E-state index is 2.47. The van der Waals surface area contributed by atoms with Crippen LogP contribution in [0.1, 0.15) is 11.1 Å². The van der Waals surface area contributed by atoms with E-state index in [0.717, 1.165) is 0 Å². The van der Waals surface area contributed by atoms with Gasteiger partial charge in [0.05, 0.1) is 0 Å². The molecule has 0 saturated carbocycles. The molecule has 0 unspecified atom stereocenters. The topological polar surface area (TPSA) is 0 Å². The third-order valence-corrected chi connectivity index (χ3v) is 8.57. The first-order valence-corrected chi connectivity index (χ1v) is 14.5. The second-order valence-corrected chi connectivity index (χ2v) is 18.9. The normalized spacial score (nSPS) is 11.8. The van der Waals surface area contributed by atoms with Crippen molar-refractivity contribution in [1.29, 1.82) is 0 Å². The van der Waals surface area contributed by atoms with E-state index in [0.29, 0.717) is 0 Å². The van der Waals surface area contributed by atoms with Gasteiger partial charge in [0.2, 0.25) is 0 Å². The van der Waals surface area contributed by atoms with Gasteiger partial charge in [0.15, 0.2) is 0 Å². The van der Waals surface area contributed by atoms with Gasteiger partial charge >= 0.3 is 79.9 Å². The van der Waals surface area contributed by atoms with Gasteiger partial charge in [0.25, 0.3) is 0 Å². The van der Waals surface area contributed by atoms with Crippen molar-refractivity contribution in [2.45, 2.75) is 28.7 Å². The summed E-state index contributed by atoms with van der Waals surface area (Å²) < 4.78 is 1.67. The first kappa shape index (κ1) is 10.1. The third-order valence-electron chi connectivity index (χ3n) is 2.41. The van der Waals surface area contributed by atoms with Gasteiger partial charge in [0.1, 0.15) is 0 Å². The van der Waals surface area contributed by atoms with Gasteiger partial charge in [-0.3, -0.25) is 0 Å². The molecule has 0 fully saturated rings. The van der Waals surface area contributed by atoms with Gasteiger partial charge in [-0.05, 0) is 0 Å². The van der Waals surface area contributed by atoms with Crippen molar-refractivity contribution >= 4 is 22.0 Å². The van der Waals surface area contributed by atoms with Crippen LogP contribution in [-0.4, -0.2) is 18.4 Å². The zero-order chi connectivity index (χ0) is 9.35. The second kappa shape index (κ2) is 3.41. The van der Waals surface area contributed by atoms with Crippen molar-refractivity contribution < 1.29 is 0 Å². The Kier molecular flexibility index (Phi) is 2.87. The molecule has 1 rings (SSSR count). The predicted molar refractivity (Wildman–Crippen MR) is 58.9 cm³/mol. The molecule has 0 bridgehead atoms. The van der Waals surface area contributed by atoms with Crippen molar-refractivity contribution in [1.82, 2.24) is 0 Å². The van der Waals surface area contributed by atoms with Gasteiger partial charge < -0.3 is 0 Å². The number of hydrogen-bond donors (Lipinski definition) is 0. The van der Waals surface area contributed by atoms with Crippen LogP contribution in [0.2, 0.25) is 14.8 Å². The fourth-order valence-corrected chi connectivity index (χ4v) is 7.04. The van der Waals surface area contributed by atoms with Crippen LogP contribution in [-0.2, 0) is 0 Å². The first-order chi connectivity index (χ1) is 5.43. The maximum absolute atomic E-state index is 2.47. The molecular weight excluding hydrogens is 251 g/mol. The summed E-state index contributed by atoms with van der Waals surface area (Å²) in [6.45, 7) is 4.46. The summed E-state index contributed by atoms with van der Waals surface area (Å²) >= 11 is -1.82. The first-order valence-electron chi connectivity index (χ1n) is 4.49. The number of rotatable bonds is 1. The number of hydrogen-bond acceptors (Lipinski definition) is 0. The SMILES string of the molecule is Cc1ccc[c]([Sn]([CH3])([CH3])[CH3])c1C. The van der Waals surface area contributed by atoms with Crippen molar-refractivity contribution in [3.63, 3.8) is 0 Å². The molecule has 0 aliphatic heterocycles. The third kappa shape index (κ3) is 2.03. The van der Waals surface area contributed by atoms with E-state index in [9.17, 15) is 0 Å². The van der Waals surface area contributed by atoms with E-state index in [1.165, 1.54) is 11.1 Å². The summed E-state index contributed by atoms with van der Waals surface area (Å²) in [5.41, 5.74) is 2.97. The van der Waals surface area contributed by atoms with Gasteiger partial charge in [-0.15, -0.1) is 0 Å². The Bertz CT molecular complexity index is 282.